The van der Waals surface area contributed by atoms with Gasteiger partial charge in [-0.15, -0.1) is 0 Å². The first-order valence-corrected chi connectivity index (χ1v) is 6.16. The van der Waals surface area contributed by atoms with Gasteiger partial charge in [0.15, 0.2) is 6.61 Å². The summed E-state index contributed by atoms with van der Waals surface area (Å²) >= 11 is 6.17. The average Bonchev–Trinajstić information content (AvgIpc) is 2.37. The molecule has 0 saturated carbocycles. The predicted octanol–water partition coefficient (Wildman–Crippen LogP) is 3.78. The van der Waals surface area contributed by atoms with Crippen molar-refractivity contribution in [3.05, 3.63) is 53.1 Å². The molecular weight excluding hydrogens is 264 g/mol. The van der Waals surface area contributed by atoms with Gasteiger partial charge in [0.2, 0.25) is 0 Å². The van der Waals surface area contributed by atoms with E-state index in [1.807, 2.05) is 37.3 Å². The molecule has 2 aromatic carbocycles. The number of hydrogen-bond acceptors (Lipinski definition) is 2. The molecule has 0 atom stereocenters. The molecule has 19 heavy (non-hydrogen) atoms. The highest BCUT2D eigenvalue weighted by molar-refractivity contribution is 6.33. The Kier molecular flexibility index (Phi) is 4.07. The molecule has 0 bridgehead atoms. The van der Waals surface area contributed by atoms with E-state index in [2.05, 4.69) is 0 Å². The first kappa shape index (κ1) is 13.4. The monoisotopic (exact) mass is 276 g/mol. The smallest absolute Gasteiger partial charge is 0.341 e. The Hall–Kier alpha value is -2.00. The lowest BCUT2D eigenvalue weighted by Gasteiger charge is -2.12. The van der Waals surface area contributed by atoms with Crippen LogP contribution in [0.5, 0.6) is 5.75 Å². The van der Waals surface area contributed by atoms with Gasteiger partial charge in [-0.05, 0) is 25.1 Å². The summed E-state index contributed by atoms with van der Waals surface area (Å²) in [4.78, 5) is 10.6. The number of benzene rings is 2. The molecule has 0 aromatic heterocycles. The third-order valence-corrected chi connectivity index (χ3v) is 2.98. The Morgan fingerprint density at radius 3 is 2.63 bits per heavy atom. The zero-order valence-electron chi connectivity index (χ0n) is 10.4. The number of carboxylic acid groups (broad SMARTS) is 1. The highest BCUT2D eigenvalue weighted by Gasteiger charge is 2.11. The molecule has 3 nitrogen and oxygen atoms in total. The van der Waals surface area contributed by atoms with E-state index in [9.17, 15) is 4.79 Å². The van der Waals surface area contributed by atoms with E-state index in [1.165, 1.54) is 0 Å². The van der Waals surface area contributed by atoms with Gasteiger partial charge in [-0.2, -0.15) is 0 Å². The van der Waals surface area contributed by atoms with E-state index in [1.54, 1.807) is 12.1 Å². The molecule has 0 amide bonds. The molecule has 4 heteroatoms. The molecule has 0 spiro atoms. The van der Waals surface area contributed by atoms with Crippen molar-refractivity contribution in [3.8, 4) is 16.9 Å². The first-order valence-electron chi connectivity index (χ1n) is 5.78. The number of aryl methyl sites for hydroxylation is 1. The average molecular weight is 277 g/mol. The van der Waals surface area contributed by atoms with Crippen LogP contribution < -0.4 is 4.74 Å². The van der Waals surface area contributed by atoms with Crippen molar-refractivity contribution in [2.45, 2.75) is 6.92 Å². The molecule has 0 fully saturated rings. The summed E-state index contributed by atoms with van der Waals surface area (Å²) in [5, 5.41) is 9.30. The van der Waals surface area contributed by atoms with Crippen LogP contribution in [0.3, 0.4) is 0 Å². The van der Waals surface area contributed by atoms with Gasteiger partial charge in [0.1, 0.15) is 5.75 Å². The maximum atomic E-state index is 10.6. The van der Waals surface area contributed by atoms with E-state index < -0.39 is 5.97 Å². The largest absolute Gasteiger partial charge is 0.481 e. The Labute approximate surface area is 116 Å². The summed E-state index contributed by atoms with van der Waals surface area (Å²) in [6.07, 6.45) is 0. The number of hydrogen-bond donors (Lipinski definition) is 1. The Morgan fingerprint density at radius 2 is 1.95 bits per heavy atom. The maximum absolute atomic E-state index is 10.6. The quantitative estimate of drug-likeness (QED) is 0.924. The molecule has 2 aromatic rings. The van der Waals surface area contributed by atoms with Crippen molar-refractivity contribution in [1.29, 1.82) is 0 Å². The maximum Gasteiger partial charge on any atom is 0.341 e. The van der Waals surface area contributed by atoms with Crippen molar-refractivity contribution >= 4 is 17.6 Å². The molecule has 98 valence electrons. The minimum absolute atomic E-state index is 0.374. The lowest BCUT2D eigenvalue weighted by Crippen LogP contribution is -2.10. The summed E-state index contributed by atoms with van der Waals surface area (Å²) in [6.45, 7) is 1.59. The van der Waals surface area contributed by atoms with Crippen LogP contribution in [0.2, 0.25) is 5.02 Å². The van der Waals surface area contributed by atoms with Crippen molar-refractivity contribution in [1.82, 2.24) is 0 Å². The fraction of sp³-hybridized carbons (Fsp3) is 0.133. The Balaban J connectivity index is 2.46. The van der Waals surface area contributed by atoms with Gasteiger partial charge in [0, 0.05) is 16.1 Å². The minimum atomic E-state index is -1.01. The van der Waals surface area contributed by atoms with Gasteiger partial charge in [-0.3, -0.25) is 0 Å². The van der Waals surface area contributed by atoms with E-state index >= 15 is 0 Å². The third kappa shape index (κ3) is 3.26. The topological polar surface area (TPSA) is 46.5 Å². The molecule has 0 aliphatic carbocycles. The lowest BCUT2D eigenvalue weighted by atomic mass is 10.0. The molecule has 0 aliphatic heterocycles. The molecule has 0 heterocycles. The number of halogens is 1. The summed E-state index contributed by atoms with van der Waals surface area (Å²) < 4.78 is 5.30. The first-order chi connectivity index (χ1) is 9.08. The second-order valence-corrected chi connectivity index (χ2v) is 4.57. The van der Waals surface area contributed by atoms with Crippen LogP contribution >= 0.6 is 11.6 Å². The van der Waals surface area contributed by atoms with E-state index in [-0.39, 0.29) is 6.61 Å². The molecule has 0 radical (unpaired) electrons. The van der Waals surface area contributed by atoms with E-state index in [0.717, 1.165) is 16.7 Å². The van der Waals surface area contributed by atoms with Crippen LogP contribution in [0.25, 0.3) is 11.1 Å². The molecule has 1 N–H and O–H groups in total. The summed E-state index contributed by atoms with van der Waals surface area (Å²) in [5.74, 6) is -0.494. The SMILES string of the molecule is Cc1ccc(OCC(=O)O)c(-c2ccccc2Cl)c1. The van der Waals surface area contributed by atoms with Gasteiger partial charge in [-0.1, -0.05) is 41.4 Å². The fourth-order valence-electron chi connectivity index (χ4n) is 1.80. The van der Waals surface area contributed by atoms with Crippen LogP contribution in [-0.4, -0.2) is 17.7 Å². The zero-order chi connectivity index (χ0) is 13.8. The van der Waals surface area contributed by atoms with Gasteiger partial charge in [0.05, 0.1) is 0 Å². The minimum Gasteiger partial charge on any atom is -0.481 e. The van der Waals surface area contributed by atoms with Gasteiger partial charge in [0.25, 0.3) is 0 Å². The second-order valence-electron chi connectivity index (χ2n) is 4.16. The number of rotatable bonds is 4. The van der Waals surface area contributed by atoms with Crippen LogP contribution in [-0.2, 0) is 4.79 Å². The number of ether oxygens (including phenoxy) is 1. The summed E-state index contributed by atoms with van der Waals surface area (Å²) in [6, 6.07) is 13.0. The van der Waals surface area contributed by atoms with Crippen LogP contribution in [0.4, 0.5) is 0 Å². The van der Waals surface area contributed by atoms with Crippen molar-refractivity contribution in [3.63, 3.8) is 0 Å². The van der Waals surface area contributed by atoms with Gasteiger partial charge in [-0.25, -0.2) is 4.79 Å². The van der Waals surface area contributed by atoms with E-state index in [4.69, 9.17) is 21.4 Å². The molecular formula is C15H13ClO3. The van der Waals surface area contributed by atoms with Crippen molar-refractivity contribution in [2.75, 3.05) is 6.61 Å². The number of carboxylic acids is 1. The van der Waals surface area contributed by atoms with Crippen molar-refractivity contribution < 1.29 is 14.6 Å². The standard InChI is InChI=1S/C15H13ClO3/c1-10-6-7-14(19-9-15(17)18)12(8-10)11-4-2-3-5-13(11)16/h2-8H,9H2,1H3,(H,17,18). The number of carbonyl (C=O) groups is 1. The lowest BCUT2D eigenvalue weighted by molar-refractivity contribution is -0.139. The summed E-state index contributed by atoms with van der Waals surface area (Å²) in [5.41, 5.74) is 2.68. The molecule has 0 saturated heterocycles. The Bertz CT molecular complexity index is 608. The molecule has 0 unspecified atom stereocenters. The van der Waals surface area contributed by atoms with Gasteiger partial charge < -0.3 is 9.84 Å². The summed E-state index contributed by atoms with van der Waals surface area (Å²) in [7, 11) is 0. The zero-order valence-corrected chi connectivity index (χ0v) is 11.1. The third-order valence-electron chi connectivity index (χ3n) is 2.65. The highest BCUT2D eigenvalue weighted by Crippen LogP contribution is 2.35. The second kappa shape index (κ2) is 5.76. The van der Waals surface area contributed by atoms with Crippen molar-refractivity contribution in [2.24, 2.45) is 0 Å². The Morgan fingerprint density at radius 1 is 1.21 bits per heavy atom. The predicted molar refractivity (Wildman–Crippen MR) is 74.8 cm³/mol. The molecule has 0 aliphatic rings. The normalized spacial score (nSPS) is 10.2. The van der Waals surface area contributed by atoms with E-state index in [0.29, 0.717) is 10.8 Å². The van der Waals surface area contributed by atoms with Crippen LogP contribution in [0.15, 0.2) is 42.5 Å². The fourth-order valence-corrected chi connectivity index (χ4v) is 2.04. The van der Waals surface area contributed by atoms with Crippen LogP contribution in [0, 0.1) is 6.92 Å². The van der Waals surface area contributed by atoms with Gasteiger partial charge >= 0.3 is 5.97 Å². The number of aliphatic carboxylic acids is 1. The highest BCUT2D eigenvalue weighted by atomic mass is 35.5. The van der Waals surface area contributed by atoms with Crippen LogP contribution in [0.1, 0.15) is 5.56 Å². The molecule has 2 rings (SSSR count).